The van der Waals surface area contributed by atoms with E-state index < -0.39 is 11.9 Å². The molecule has 4 nitrogen and oxygen atoms in total. The van der Waals surface area contributed by atoms with Crippen molar-refractivity contribution in [2.24, 2.45) is 5.92 Å². The van der Waals surface area contributed by atoms with Crippen LogP contribution in [-0.2, 0) is 4.79 Å². The maximum absolute atomic E-state index is 10.9. The van der Waals surface area contributed by atoms with E-state index in [1.165, 1.54) is 0 Å². The lowest BCUT2D eigenvalue weighted by Crippen LogP contribution is -2.51. The summed E-state index contributed by atoms with van der Waals surface area (Å²) in [5.41, 5.74) is 0. The van der Waals surface area contributed by atoms with Gasteiger partial charge in [-0.15, -0.1) is 5.92 Å². The van der Waals surface area contributed by atoms with Crippen molar-refractivity contribution in [2.45, 2.75) is 6.92 Å². The summed E-state index contributed by atoms with van der Waals surface area (Å²) in [6.07, 6.45) is 0. The van der Waals surface area contributed by atoms with Crippen LogP contribution in [0.1, 0.15) is 6.92 Å². The SMILES string of the molecule is CC#CC1CNC(=O)NC1=O. The van der Waals surface area contributed by atoms with Gasteiger partial charge >= 0.3 is 6.03 Å². The molecule has 3 amide bonds. The monoisotopic (exact) mass is 152 g/mol. The van der Waals surface area contributed by atoms with Crippen LogP contribution in [0.25, 0.3) is 0 Å². The fourth-order valence-electron chi connectivity index (χ4n) is 0.821. The second-order valence-corrected chi connectivity index (χ2v) is 2.15. The molecule has 1 aliphatic rings. The van der Waals surface area contributed by atoms with Crippen LogP contribution in [0.4, 0.5) is 4.79 Å². The molecule has 11 heavy (non-hydrogen) atoms. The lowest BCUT2D eigenvalue weighted by Gasteiger charge is -2.17. The van der Waals surface area contributed by atoms with E-state index in [0.29, 0.717) is 6.54 Å². The molecule has 1 heterocycles. The smallest absolute Gasteiger partial charge is 0.321 e. The minimum absolute atomic E-state index is 0.311. The van der Waals surface area contributed by atoms with Gasteiger partial charge in [-0.1, -0.05) is 5.92 Å². The second-order valence-electron chi connectivity index (χ2n) is 2.15. The van der Waals surface area contributed by atoms with Crippen LogP contribution < -0.4 is 10.6 Å². The van der Waals surface area contributed by atoms with Gasteiger partial charge in [-0.3, -0.25) is 10.1 Å². The topological polar surface area (TPSA) is 58.2 Å². The molecule has 0 saturated carbocycles. The van der Waals surface area contributed by atoms with Crippen molar-refractivity contribution in [1.29, 1.82) is 0 Å². The minimum atomic E-state index is -0.441. The zero-order chi connectivity index (χ0) is 8.27. The fraction of sp³-hybridized carbons (Fsp3) is 0.429. The average Bonchev–Trinajstić information content (AvgIpc) is 1.95. The molecule has 1 fully saturated rings. The normalized spacial score (nSPS) is 22.8. The molecular formula is C7H8N2O2. The number of urea groups is 1. The molecule has 1 unspecified atom stereocenters. The molecule has 0 aromatic carbocycles. The summed E-state index contributed by atoms with van der Waals surface area (Å²) in [6.45, 7) is 1.97. The van der Waals surface area contributed by atoms with Crippen LogP contribution >= 0.6 is 0 Å². The number of hydrogen-bond donors (Lipinski definition) is 2. The van der Waals surface area contributed by atoms with Gasteiger partial charge in [-0.05, 0) is 6.92 Å². The molecule has 1 atom stereocenters. The van der Waals surface area contributed by atoms with Crippen molar-refractivity contribution >= 4 is 11.9 Å². The average molecular weight is 152 g/mol. The number of rotatable bonds is 0. The molecule has 4 heteroatoms. The third kappa shape index (κ3) is 1.71. The highest BCUT2D eigenvalue weighted by atomic mass is 16.2. The summed E-state index contributed by atoms with van der Waals surface area (Å²) in [6, 6.07) is -0.441. The van der Waals surface area contributed by atoms with Gasteiger partial charge in [0.25, 0.3) is 0 Å². The first-order valence-electron chi connectivity index (χ1n) is 3.25. The summed E-state index contributed by atoms with van der Waals surface area (Å²) in [5, 5.41) is 4.60. The molecule has 0 aliphatic carbocycles. The second kappa shape index (κ2) is 3.06. The highest BCUT2D eigenvalue weighted by Crippen LogP contribution is 1.96. The summed E-state index contributed by atoms with van der Waals surface area (Å²) >= 11 is 0. The first-order valence-corrected chi connectivity index (χ1v) is 3.25. The van der Waals surface area contributed by atoms with Gasteiger partial charge in [0, 0.05) is 6.54 Å². The van der Waals surface area contributed by atoms with E-state index in [-0.39, 0.29) is 5.91 Å². The Morgan fingerprint density at radius 3 is 2.82 bits per heavy atom. The third-order valence-electron chi connectivity index (χ3n) is 1.34. The summed E-state index contributed by atoms with van der Waals surface area (Å²) in [7, 11) is 0. The predicted octanol–water partition coefficient (Wildman–Crippen LogP) is -0.535. The quantitative estimate of drug-likeness (QED) is 0.458. The standard InChI is InChI=1S/C7H8N2O2/c1-2-3-5-4-8-7(11)9-6(5)10/h5H,4H2,1H3,(H2,8,9,10,11). The van der Waals surface area contributed by atoms with Crippen LogP contribution in [0.5, 0.6) is 0 Å². The number of amides is 3. The maximum atomic E-state index is 10.9. The molecular weight excluding hydrogens is 144 g/mol. The molecule has 58 valence electrons. The minimum Gasteiger partial charge on any atom is -0.336 e. The van der Waals surface area contributed by atoms with Crippen LogP contribution in [-0.4, -0.2) is 18.5 Å². The zero-order valence-corrected chi connectivity index (χ0v) is 6.10. The first-order chi connectivity index (χ1) is 5.24. The Hall–Kier alpha value is -1.50. The number of carbonyl (C=O) groups is 2. The summed E-state index contributed by atoms with van der Waals surface area (Å²) in [4.78, 5) is 21.5. The van der Waals surface area contributed by atoms with E-state index in [2.05, 4.69) is 22.5 Å². The van der Waals surface area contributed by atoms with Gasteiger partial charge in [-0.25, -0.2) is 4.79 Å². The van der Waals surface area contributed by atoms with Crippen molar-refractivity contribution < 1.29 is 9.59 Å². The molecule has 2 N–H and O–H groups in total. The van der Waals surface area contributed by atoms with Crippen molar-refractivity contribution in [3.63, 3.8) is 0 Å². The molecule has 0 radical (unpaired) electrons. The zero-order valence-electron chi connectivity index (χ0n) is 6.10. The van der Waals surface area contributed by atoms with Gasteiger partial charge in [0.2, 0.25) is 5.91 Å². The molecule has 1 saturated heterocycles. The number of imide groups is 1. The van der Waals surface area contributed by atoms with Crippen molar-refractivity contribution in [3.8, 4) is 11.8 Å². The van der Waals surface area contributed by atoms with E-state index in [1.807, 2.05) is 0 Å². The predicted molar refractivity (Wildman–Crippen MR) is 38.5 cm³/mol. The number of nitrogens with one attached hydrogen (secondary N) is 2. The lowest BCUT2D eigenvalue weighted by molar-refractivity contribution is -0.122. The number of hydrogen-bond acceptors (Lipinski definition) is 2. The molecule has 1 aliphatic heterocycles. The van der Waals surface area contributed by atoms with E-state index in [4.69, 9.17) is 0 Å². The van der Waals surface area contributed by atoms with E-state index in [9.17, 15) is 9.59 Å². The van der Waals surface area contributed by atoms with E-state index in [0.717, 1.165) is 0 Å². The Morgan fingerprint density at radius 1 is 1.55 bits per heavy atom. The van der Waals surface area contributed by atoms with Crippen molar-refractivity contribution in [2.75, 3.05) is 6.54 Å². The van der Waals surface area contributed by atoms with Gasteiger partial charge in [0.1, 0.15) is 5.92 Å². The Kier molecular flexibility index (Phi) is 2.12. The van der Waals surface area contributed by atoms with Gasteiger partial charge in [0.15, 0.2) is 0 Å². The number of carbonyl (C=O) groups excluding carboxylic acids is 2. The summed E-state index contributed by atoms with van der Waals surface area (Å²) in [5.74, 6) is 4.59. The lowest BCUT2D eigenvalue weighted by atomic mass is 10.1. The van der Waals surface area contributed by atoms with Gasteiger partial charge in [0.05, 0.1) is 0 Å². The van der Waals surface area contributed by atoms with Gasteiger partial charge < -0.3 is 5.32 Å². The van der Waals surface area contributed by atoms with Crippen LogP contribution in [0.15, 0.2) is 0 Å². The molecule has 1 rings (SSSR count). The van der Waals surface area contributed by atoms with Crippen LogP contribution in [0.2, 0.25) is 0 Å². The third-order valence-corrected chi connectivity index (χ3v) is 1.34. The van der Waals surface area contributed by atoms with Crippen molar-refractivity contribution in [1.82, 2.24) is 10.6 Å². The Bertz CT molecular complexity index is 249. The fourth-order valence-corrected chi connectivity index (χ4v) is 0.821. The van der Waals surface area contributed by atoms with Crippen molar-refractivity contribution in [3.05, 3.63) is 0 Å². The van der Waals surface area contributed by atoms with Gasteiger partial charge in [-0.2, -0.15) is 0 Å². The highest BCUT2D eigenvalue weighted by Gasteiger charge is 2.23. The molecule has 0 spiro atoms. The maximum Gasteiger partial charge on any atom is 0.321 e. The largest absolute Gasteiger partial charge is 0.336 e. The Labute approximate surface area is 64.3 Å². The van der Waals surface area contributed by atoms with Crippen LogP contribution in [0.3, 0.4) is 0 Å². The summed E-state index contributed by atoms with van der Waals surface area (Å²) < 4.78 is 0. The Balaban J connectivity index is 2.62. The molecule has 0 bridgehead atoms. The Morgan fingerprint density at radius 2 is 2.27 bits per heavy atom. The molecule has 0 aromatic heterocycles. The van der Waals surface area contributed by atoms with E-state index >= 15 is 0 Å². The first kappa shape index (κ1) is 7.61. The molecule has 0 aromatic rings. The van der Waals surface area contributed by atoms with Crippen LogP contribution in [0, 0.1) is 17.8 Å². The highest BCUT2D eigenvalue weighted by molar-refractivity contribution is 5.99. The van der Waals surface area contributed by atoms with E-state index in [1.54, 1.807) is 6.92 Å².